The number of nitrogens with one attached hydrogen (secondary N) is 1. The molecular weight excluding hydrogens is 420 g/mol. The van der Waals surface area contributed by atoms with Gasteiger partial charge >= 0.3 is 0 Å². The van der Waals surface area contributed by atoms with Gasteiger partial charge in [-0.3, -0.25) is 9.78 Å². The Hall–Kier alpha value is -3.90. The van der Waals surface area contributed by atoms with E-state index in [0.29, 0.717) is 22.6 Å². The number of fused-ring (bicyclic) bond motifs is 1. The molecule has 2 aromatic carbocycles. The van der Waals surface area contributed by atoms with Gasteiger partial charge in [0.05, 0.1) is 25.3 Å². The third kappa shape index (κ3) is 3.35. The van der Waals surface area contributed by atoms with Gasteiger partial charge in [-0.05, 0) is 46.8 Å². The Morgan fingerprint density at radius 3 is 2.44 bits per heavy atom. The molecule has 0 unspecified atom stereocenters. The van der Waals surface area contributed by atoms with E-state index in [9.17, 15) is 4.79 Å². The van der Waals surface area contributed by atoms with Crippen LogP contribution in [0.5, 0.6) is 11.5 Å². The van der Waals surface area contributed by atoms with E-state index in [0.717, 1.165) is 32.5 Å². The first kappa shape index (κ1) is 20.0. The smallest absolute Gasteiger partial charge is 0.257 e. The lowest BCUT2D eigenvalue weighted by Gasteiger charge is -2.16. The Morgan fingerprint density at radius 1 is 0.875 bits per heavy atom. The van der Waals surface area contributed by atoms with Crippen LogP contribution in [0.4, 0.5) is 0 Å². The molecule has 6 heteroatoms. The maximum atomic E-state index is 13.4. The van der Waals surface area contributed by atoms with Crippen molar-refractivity contribution in [1.29, 1.82) is 0 Å². The number of methoxy groups -OCH3 is 2. The number of ether oxygens (including phenoxy) is 2. The van der Waals surface area contributed by atoms with Gasteiger partial charge in [-0.2, -0.15) is 0 Å². The number of benzene rings is 2. The molecule has 0 amide bonds. The first-order chi connectivity index (χ1) is 15.7. The predicted octanol–water partition coefficient (Wildman–Crippen LogP) is 6.00. The van der Waals surface area contributed by atoms with E-state index in [1.54, 1.807) is 20.4 Å². The highest BCUT2D eigenvalue weighted by molar-refractivity contribution is 7.13. The van der Waals surface area contributed by atoms with Crippen molar-refractivity contribution in [2.45, 2.75) is 0 Å². The van der Waals surface area contributed by atoms with Gasteiger partial charge in [-0.25, -0.2) is 0 Å². The molecule has 0 spiro atoms. The normalized spacial score (nSPS) is 10.9. The number of aromatic nitrogens is 2. The molecule has 32 heavy (non-hydrogen) atoms. The van der Waals surface area contributed by atoms with Crippen LogP contribution >= 0.6 is 11.3 Å². The maximum absolute atomic E-state index is 13.4. The number of hydrogen-bond donors (Lipinski definition) is 1. The second kappa shape index (κ2) is 8.32. The van der Waals surface area contributed by atoms with E-state index in [-0.39, 0.29) is 5.56 Å². The second-order valence-electron chi connectivity index (χ2n) is 7.23. The van der Waals surface area contributed by atoms with Crippen molar-refractivity contribution in [1.82, 2.24) is 9.97 Å². The van der Waals surface area contributed by atoms with Crippen LogP contribution in [-0.4, -0.2) is 24.2 Å². The van der Waals surface area contributed by atoms with Gasteiger partial charge in [-0.1, -0.05) is 30.3 Å². The molecule has 1 N–H and O–H groups in total. The van der Waals surface area contributed by atoms with E-state index in [2.05, 4.69) is 16.0 Å². The van der Waals surface area contributed by atoms with Gasteiger partial charge in [0.2, 0.25) is 0 Å². The summed E-state index contributed by atoms with van der Waals surface area (Å²) in [5.74, 6) is 1.07. The van der Waals surface area contributed by atoms with E-state index >= 15 is 0 Å². The summed E-state index contributed by atoms with van der Waals surface area (Å²) in [5.41, 5.74) is 4.92. The number of nitrogens with zero attached hydrogens (tertiary/aromatic N) is 1. The number of H-pyrrole nitrogens is 1. The van der Waals surface area contributed by atoms with Crippen LogP contribution in [0.25, 0.3) is 43.6 Å². The van der Waals surface area contributed by atoms with E-state index in [4.69, 9.17) is 9.47 Å². The maximum Gasteiger partial charge on any atom is 0.257 e. The van der Waals surface area contributed by atoms with Crippen LogP contribution in [0.3, 0.4) is 0 Å². The van der Waals surface area contributed by atoms with Crippen LogP contribution in [0, 0.1) is 0 Å². The summed E-state index contributed by atoms with van der Waals surface area (Å²) >= 11 is 1.54. The topological polar surface area (TPSA) is 64.2 Å². The van der Waals surface area contributed by atoms with Gasteiger partial charge in [0.1, 0.15) is 0 Å². The number of thiophene rings is 1. The Kier molecular flexibility index (Phi) is 5.21. The molecule has 5 nitrogen and oxygen atoms in total. The standard InChI is InChI=1S/C26H20N2O3S/c1-30-20-11-10-19-22(17-7-3-6-16(14-17)18-8-4-12-27-15-18)23(21-9-5-13-32-21)26(29)28-24(19)25(20)31-2/h3-15H,1-2H3,(H,28,29). The second-order valence-corrected chi connectivity index (χ2v) is 8.18. The van der Waals surface area contributed by atoms with Gasteiger partial charge in [0.15, 0.2) is 11.5 Å². The van der Waals surface area contributed by atoms with Crippen LogP contribution in [0.2, 0.25) is 0 Å². The summed E-state index contributed by atoms with van der Waals surface area (Å²) in [6.07, 6.45) is 3.59. The molecule has 158 valence electrons. The summed E-state index contributed by atoms with van der Waals surface area (Å²) in [5, 5.41) is 2.86. The van der Waals surface area contributed by atoms with Gasteiger partial charge in [-0.15, -0.1) is 11.3 Å². The van der Waals surface area contributed by atoms with Crippen LogP contribution in [-0.2, 0) is 0 Å². The third-order valence-corrected chi connectivity index (χ3v) is 6.33. The molecule has 0 saturated heterocycles. The summed E-state index contributed by atoms with van der Waals surface area (Å²) in [6, 6.07) is 19.9. The molecule has 5 aromatic rings. The van der Waals surface area contributed by atoms with Crippen LogP contribution in [0.15, 0.2) is 83.2 Å². The monoisotopic (exact) mass is 440 g/mol. The minimum atomic E-state index is -0.173. The van der Waals surface area contributed by atoms with Crippen molar-refractivity contribution in [3.05, 3.63) is 88.8 Å². The largest absolute Gasteiger partial charge is 0.493 e. The highest BCUT2D eigenvalue weighted by Gasteiger charge is 2.21. The molecule has 3 aromatic heterocycles. The minimum Gasteiger partial charge on any atom is -0.493 e. The Bertz CT molecular complexity index is 1460. The molecule has 0 radical (unpaired) electrons. The van der Waals surface area contributed by atoms with E-state index in [1.807, 2.05) is 66.2 Å². The average Bonchev–Trinajstić information content (AvgIpc) is 3.37. The fourth-order valence-corrected chi connectivity index (χ4v) is 4.80. The van der Waals surface area contributed by atoms with Crippen molar-refractivity contribution >= 4 is 22.2 Å². The minimum absolute atomic E-state index is 0.173. The Morgan fingerprint density at radius 2 is 1.72 bits per heavy atom. The molecular formula is C26H20N2O3S. The van der Waals surface area contributed by atoms with Crippen molar-refractivity contribution in [3.8, 4) is 44.2 Å². The number of pyridine rings is 2. The summed E-state index contributed by atoms with van der Waals surface area (Å²) in [4.78, 5) is 21.6. The number of rotatable bonds is 5. The van der Waals surface area contributed by atoms with Gasteiger partial charge < -0.3 is 14.5 Å². The van der Waals surface area contributed by atoms with E-state index in [1.165, 1.54) is 11.3 Å². The predicted molar refractivity (Wildman–Crippen MR) is 130 cm³/mol. The molecule has 0 aliphatic heterocycles. The van der Waals surface area contributed by atoms with E-state index < -0.39 is 0 Å². The third-order valence-electron chi connectivity index (χ3n) is 5.44. The highest BCUT2D eigenvalue weighted by Crippen LogP contribution is 2.42. The molecule has 0 aliphatic carbocycles. The molecule has 3 heterocycles. The van der Waals surface area contributed by atoms with Gasteiger partial charge in [0.25, 0.3) is 5.56 Å². The first-order valence-corrected chi connectivity index (χ1v) is 10.9. The van der Waals surface area contributed by atoms with Gasteiger partial charge in [0, 0.05) is 33.8 Å². The number of aromatic amines is 1. The van der Waals surface area contributed by atoms with Crippen molar-refractivity contribution in [2.75, 3.05) is 14.2 Å². The SMILES string of the molecule is COc1ccc2c(-c3cccc(-c4cccnc4)c3)c(-c3cccs3)c(=O)[nH]c2c1OC. The summed E-state index contributed by atoms with van der Waals surface area (Å²) < 4.78 is 11.1. The lowest BCUT2D eigenvalue weighted by atomic mass is 9.93. The quantitative estimate of drug-likeness (QED) is 0.364. The van der Waals surface area contributed by atoms with Crippen molar-refractivity contribution in [3.63, 3.8) is 0 Å². The zero-order chi connectivity index (χ0) is 22.1. The van der Waals surface area contributed by atoms with Crippen LogP contribution < -0.4 is 15.0 Å². The lowest BCUT2D eigenvalue weighted by Crippen LogP contribution is -2.11. The average molecular weight is 441 g/mol. The first-order valence-electron chi connectivity index (χ1n) is 10.1. The Labute approximate surface area is 188 Å². The van der Waals surface area contributed by atoms with Crippen molar-refractivity contribution < 1.29 is 9.47 Å². The number of hydrogen-bond acceptors (Lipinski definition) is 5. The summed E-state index contributed by atoms with van der Waals surface area (Å²) in [6.45, 7) is 0. The highest BCUT2D eigenvalue weighted by atomic mass is 32.1. The fraction of sp³-hybridized carbons (Fsp3) is 0.0769. The van der Waals surface area contributed by atoms with Crippen LogP contribution in [0.1, 0.15) is 0 Å². The molecule has 0 aliphatic rings. The summed E-state index contributed by atoms with van der Waals surface area (Å²) in [7, 11) is 3.16. The zero-order valence-corrected chi connectivity index (χ0v) is 18.4. The van der Waals surface area contributed by atoms with Crippen molar-refractivity contribution in [2.24, 2.45) is 0 Å². The molecule has 0 fully saturated rings. The zero-order valence-electron chi connectivity index (χ0n) is 17.6. The lowest BCUT2D eigenvalue weighted by molar-refractivity contribution is 0.358. The molecule has 5 rings (SSSR count). The Balaban J connectivity index is 1.87. The molecule has 0 saturated carbocycles. The molecule has 0 bridgehead atoms. The molecule has 0 atom stereocenters. The fourth-order valence-electron chi connectivity index (χ4n) is 4.03.